The summed E-state index contributed by atoms with van der Waals surface area (Å²) in [6.45, 7) is 0.866. The van der Waals surface area contributed by atoms with Crippen LogP contribution in [0.4, 0.5) is 10.6 Å². The summed E-state index contributed by atoms with van der Waals surface area (Å²) in [6, 6.07) is 6.11. The molecule has 10 heteroatoms. The first-order valence-corrected chi connectivity index (χ1v) is 8.96. The average molecular weight is 394 g/mol. The molecule has 148 valence electrons. The van der Waals surface area contributed by atoms with Gasteiger partial charge in [-0.2, -0.15) is 5.10 Å². The van der Waals surface area contributed by atoms with Gasteiger partial charge in [0.1, 0.15) is 17.3 Å². The van der Waals surface area contributed by atoms with Crippen LogP contribution in [-0.4, -0.2) is 45.3 Å². The van der Waals surface area contributed by atoms with Crippen molar-refractivity contribution in [3.8, 4) is 22.8 Å². The summed E-state index contributed by atoms with van der Waals surface area (Å²) >= 11 is 0. The minimum Gasteiger partial charge on any atom is -0.456 e. The molecule has 1 unspecified atom stereocenters. The zero-order valence-electron chi connectivity index (χ0n) is 15.3. The van der Waals surface area contributed by atoms with Gasteiger partial charge in [-0.05, 0) is 24.6 Å². The third kappa shape index (κ3) is 4.74. The summed E-state index contributed by atoms with van der Waals surface area (Å²) < 4.78 is 10.9. The summed E-state index contributed by atoms with van der Waals surface area (Å²) in [7, 11) is 0. The van der Waals surface area contributed by atoms with E-state index in [9.17, 15) is 9.59 Å². The molecule has 29 heavy (non-hydrogen) atoms. The molecule has 0 aromatic carbocycles. The predicted molar refractivity (Wildman–Crippen MR) is 102 cm³/mol. The van der Waals surface area contributed by atoms with Crippen molar-refractivity contribution in [2.45, 2.75) is 6.42 Å². The molecule has 0 radical (unpaired) electrons. The number of carbonyl (C=O) groups excluding carboxylic acids is 2. The summed E-state index contributed by atoms with van der Waals surface area (Å²) in [4.78, 5) is 32.3. The van der Waals surface area contributed by atoms with E-state index >= 15 is 0 Å². The Kier molecular flexibility index (Phi) is 5.43. The number of ether oxygens (including phenoxy) is 2. The molecule has 10 nitrogen and oxygen atoms in total. The van der Waals surface area contributed by atoms with Crippen molar-refractivity contribution in [1.29, 1.82) is 0 Å². The minimum absolute atomic E-state index is 0.291. The van der Waals surface area contributed by atoms with Gasteiger partial charge in [0.15, 0.2) is 0 Å². The van der Waals surface area contributed by atoms with Gasteiger partial charge in [0, 0.05) is 30.6 Å². The SMILES string of the molecule is O=C(NC(=O)C1CCOC1)Nc1ccc(Oc2ccnc(-c3cn[nH]c3)c2)cn1. The average Bonchev–Trinajstić information content (AvgIpc) is 3.44. The number of rotatable bonds is 5. The van der Waals surface area contributed by atoms with Gasteiger partial charge in [-0.15, -0.1) is 0 Å². The highest BCUT2D eigenvalue weighted by molar-refractivity contribution is 6.01. The van der Waals surface area contributed by atoms with E-state index in [4.69, 9.17) is 9.47 Å². The molecule has 0 saturated carbocycles. The lowest BCUT2D eigenvalue weighted by atomic mass is 10.1. The van der Waals surface area contributed by atoms with Crippen LogP contribution in [0.1, 0.15) is 6.42 Å². The maximum atomic E-state index is 11.9. The lowest BCUT2D eigenvalue weighted by Gasteiger charge is -2.10. The van der Waals surface area contributed by atoms with E-state index in [0.29, 0.717) is 37.0 Å². The van der Waals surface area contributed by atoms with Crippen molar-refractivity contribution in [3.63, 3.8) is 0 Å². The van der Waals surface area contributed by atoms with Crippen LogP contribution in [-0.2, 0) is 9.53 Å². The summed E-state index contributed by atoms with van der Waals surface area (Å²) in [6.07, 6.45) is 7.13. The number of nitrogens with zero attached hydrogens (tertiary/aromatic N) is 3. The topological polar surface area (TPSA) is 131 Å². The fourth-order valence-electron chi connectivity index (χ4n) is 2.78. The molecule has 3 aromatic heterocycles. The Labute approximate surface area is 165 Å². The number of H-pyrrole nitrogens is 1. The molecule has 4 heterocycles. The van der Waals surface area contributed by atoms with Crippen LogP contribution in [0.25, 0.3) is 11.3 Å². The molecule has 1 aliphatic rings. The Bertz CT molecular complexity index is 984. The van der Waals surface area contributed by atoms with Crippen molar-refractivity contribution in [2.24, 2.45) is 5.92 Å². The largest absolute Gasteiger partial charge is 0.456 e. The zero-order valence-corrected chi connectivity index (χ0v) is 15.3. The number of pyridine rings is 2. The van der Waals surface area contributed by atoms with Crippen molar-refractivity contribution >= 4 is 17.8 Å². The molecule has 3 amide bonds. The van der Waals surface area contributed by atoms with Crippen LogP contribution in [0.5, 0.6) is 11.5 Å². The first-order chi connectivity index (χ1) is 14.2. The number of anilines is 1. The lowest BCUT2D eigenvalue weighted by molar-refractivity contribution is -0.123. The summed E-state index contributed by atoms with van der Waals surface area (Å²) in [5, 5.41) is 11.4. The van der Waals surface area contributed by atoms with Gasteiger partial charge < -0.3 is 9.47 Å². The zero-order chi connectivity index (χ0) is 20.1. The summed E-state index contributed by atoms with van der Waals surface area (Å²) in [5.74, 6) is 0.710. The van der Waals surface area contributed by atoms with E-state index in [1.165, 1.54) is 6.20 Å². The van der Waals surface area contributed by atoms with E-state index in [0.717, 1.165) is 11.3 Å². The van der Waals surface area contributed by atoms with Crippen LogP contribution < -0.4 is 15.4 Å². The van der Waals surface area contributed by atoms with Crippen molar-refractivity contribution in [2.75, 3.05) is 18.5 Å². The maximum absolute atomic E-state index is 11.9. The molecule has 0 bridgehead atoms. The van der Waals surface area contributed by atoms with Crippen molar-refractivity contribution in [1.82, 2.24) is 25.5 Å². The highest BCUT2D eigenvalue weighted by Gasteiger charge is 2.24. The standard InChI is InChI=1S/C19H18N6O4/c26-18(12-4-6-28-11-12)25-19(27)24-17-2-1-15(10-21-17)29-14-3-5-20-16(7-14)13-8-22-23-9-13/h1-3,5,7-10,12H,4,6,11H2,(H,22,23)(H2,21,24,25,26,27). The van der Waals surface area contributed by atoms with Gasteiger partial charge in [0.2, 0.25) is 5.91 Å². The quantitative estimate of drug-likeness (QED) is 0.605. The van der Waals surface area contributed by atoms with Crippen molar-refractivity contribution < 1.29 is 19.1 Å². The van der Waals surface area contributed by atoms with Crippen LogP contribution in [0.15, 0.2) is 49.1 Å². The third-order valence-electron chi connectivity index (χ3n) is 4.28. The van der Waals surface area contributed by atoms with Gasteiger partial charge >= 0.3 is 6.03 Å². The molecule has 3 N–H and O–H groups in total. The number of imide groups is 1. The van der Waals surface area contributed by atoms with Gasteiger partial charge in [0.05, 0.1) is 30.6 Å². The second-order valence-electron chi connectivity index (χ2n) is 6.35. The fourth-order valence-corrected chi connectivity index (χ4v) is 2.78. The minimum atomic E-state index is -0.637. The molecule has 1 fully saturated rings. The molecule has 0 spiro atoms. The number of aromatic nitrogens is 4. The number of urea groups is 1. The van der Waals surface area contributed by atoms with Gasteiger partial charge in [0.25, 0.3) is 0 Å². The number of aromatic amines is 1. The molecule has 0 aliphatic carbocycles. The van der Waals surface area contributed by atoms with E-state index in [-0.39, 0.29) is 11.8 Å². The van der Waals surface area contributed by atoms with E-state index < -0.39 is 6.03 Å². The third-order valence-corrected chi connectivity index (χ3v) is 4.28. The number of carbonyl (C=O) groups is 2. The highest BCUT2D eigenvalue weighted by atomic mass is 16.5. The summed E-state index contributed by atoms with van der Waals surface area (Å²) in [5.41, 5.74) is 1.56. The number of hydrogen-bond donors (Lipinski definition) is 3. The number of amides is 3. The Morgan fingerprint density at radius 1 is 1.17 bits per heavy atom. The van der Waals surface area contributed by atoms with Crippen LogP contribution >= 0.6 is 0 Å². The van der Waals surface area contributed by atoms with Crippen molar-refractivity contribution in [3.05, 3.63) is 49.1 Å². The van der Waals surface area contributed by atoms with Crippen LogP contribution in [0, 0.1) is 5.92 Å². The molecular formula is C19H18N6O4. The molecule has 1 atom stereocenters. The Balaban J connectivity index is 1.34. The second-order valence-corrected chi connectivity index (χ2v) is 6.35. The van der Waals surface area contributed by atoms with E-state index in [2.05, 4.69) is 30.8 Å². The predicted octanol–water partition coefficient (Wildman–Crippen LogP) is 2.34. The smallest absolute Gasteiger partial charge is 0.327 e. The van der Waals surface area contributed by atoms with Crippen LogP contribution in [0.3, 0.4) is 0 Å². The number of hydrogen-bond acceptors (Lipinski definition) is 7. The van der Waals surface area contributed by atoms with Gasteiger partial charge in [-0.1, -0.05) is 0 Å². The normalized spacial score (nSPS) is 15.7. The first kappa shape index (κ1) is 18.6. The van der Waals surface area contributed by atoms with Crippen LogP contribution in [0.2, 0.25) is 0 Å². The Hall–Kier alpha value is -3.79. The Morgan fingerprint density at radius 3 is 2.83 bits per heavy atom. The molecule has 1 saturated heterocycles. The Morgan fingerprint density at radius 2 is 2.10 bits per heavy atom. The van der Waals surface area contributed by atoms with Gasteiger partial charge in [-0.25, -0.2) is 9.78 Å². The first-order valence-electron chi connectivity index (χ1n) is 8.96. The fraction of sp³-hybridized carbons (Fsp3) is 0.211. The number of nitrogens with one attached hydrogen (secondary N) is 3. The molecule has 1 aliphatic heterocycles. The van der Waals surface area contributed by atoms with Gasteiger partial charge in [-0.3, -0.25) is 25.5 Å². The maximum Gasteiger partial charge on any atom is 0.327 e. The van der Waals surface area contributed by atoms with E-state index in [1.54, 1.807) is 42.9 Å². The molecule has 3 aromatic rings. The monoisotopic (exact) mass is 394 g/mol. The second kappa shape index (κ2) is 8.48. The molecular weight excluding hydrogens is 376 g/mol. The highest BCUT2D eigenvalue weighted by Crippen LogP contribution is 2.25. The lowest BCUT2D eigenvalue weighted by Crippen LogP contribution is -2.38. The molecule has 4 rings (SSSR count). The van der Waals surface area contributed by atoms with E-state index in [1.807, 2.05) is 0 Å².